The van der Waals surface area contributed by atoms with Gasteiger partial charge in [0.1, 0.15) is 5.76 Å². The van der Waals surface area contributed by atoms with Gasteiger partial charge in [-0.25, -0.2) is 0 Å². The van der Waals surface area contributed by atoms with Crippen LogP contribution in [-0.2, 0) is 11.3 Å². The molecular weight excluding hydrogens is 370 g/mol. The number of pyridine rings is 1. The van der Waals surface area contributed by atoms with Gasteiger partial charge < -0.3 is 14.2 Å². The maximum atomic E-state index is 12.8. The number of carbonyl (C=O) groups excluding carboxylic acids is 2. The summed E-state index contributed by atoms with van der Waals surface area (Å²) >= 11 is 0. The summed E-state index contributed by atoms with van der Waals surface area (Å²) in [6, 6.07) is 6.50. The first kappa shape index (κ1) is 19.4. The first-order valence-electron chi connectivity index (χ1n) is 10.0. The molecule has 2 aromatic rings. The zero-order chi connectivity index (χ0) is 20.4. The molecule has 152 valence electrons. The second kappa shape index (κ2) is 7.81. The summed E-state index contributed by atoms with van der Waals surface area (Å²) in [6.45, 7) is 4.19. The topological polar surface area (TPSA) is 83.7 Å². The van der Waals surface area contributed by atoms with Gasteiger partial charge in [0, 0.05) is 57.1 Å². The van der Waals surface area contributed by atoms with E-state index >= 15 is 0 Å². The first-order chi connectivity index (χ1) is 13.9. The van der Waals surface area contributed by atoms with Crippen LogP contribution >= 0.6 is 0 Å². The zero-order valence-corrected chi connectivity index (χ0v) is 16.6. The SMILES string of the molecule is Cc1cc(=O)cc(C(=O)N2CCC3(CCC(=O)N(Cc4ccncc4)C3)CC2)o1. The molecule has 0 bridgehead atoms. The molecule has 0 aromatic carbocycles. The number of amides is 2. The quantitative estimate of drug-likeness (QED) is 0.797. The van der Waals surface area contributed by atoms with Gasteiger partial charge in [0.2, 0.25) is 5.91 Å². The summed E-state index contributed by atoms with van der Waals surface area (Å²) in [6.07, 6.45) is 6.58. The predicted octanol–water partition coefficient (Wildman–Crippen LogP) is 2.39. The highest BCUT2D eigenvalue weighted by Gasteiger charge is 2.42. The summed E-state index contributed by atoms with van der Waals surface area (Å²) < 4.78 is 5.46. The van der Waals surface area contributed by atoms with Crippen molar-refractivity contribution in [3.05, 3.63) is 64.0 Å². The lowest BCUT2D eigenvalue weighted by Gasteiger charge is -2.47. The summed E-state index contributed by atoms with van der Waals surface area (Å²) in [5.41, 5.74) is 0.904. The highest BCUT2D eigenvalue weighted by Crippen LogP contribution is 2.40. The molecule has 0 saturated carbocycles. The van der Waals surface area contributed by atoms with Crippen molar-refractivity contribution in [2.24, 2.45) is 5.41 Å². The van der Waals surface area contributed by atoms with E-state index in [9.17, 15) is 14.4 Å². The Morgan fingerprint density at radius 1 is 1.14 bits per heavy atom. The van der Waals surface area contributed by atoms with E-state index in [0.717, 1.165) is 31.4 Å². The second-order valence-electron chi connectivity index (χ2n) is 8.17. The maximum Gasteiger partial charge on any atom is 0.289 e. The molecule has 2 amide bonds. The molecule has 0 N–H and O–H groups in total. The van der Waals surface area contributed by atoms with E-state index in [1.54, 1.807) is 24.2 Å². The van der Waals surface area contributed by atoms with Crippen LogP contribution in [0.15, 0.2) is 45.9 Å². The number of nitrogens with zero attached hydrogens (tertiary/aromatic N) is 3. The number of piperidine rings is 2. The molecule has 2 saturated heterocycles. The van der Waals surface area contributed by atoms with Gasteiger partial charge in [-0.1, -0.05) is 0 Å². The Bertz CT molecular complexity index is 962. The van der Waals surface area contributed by atoms with E-state index < -0.39 is 0 Å². The smallest absolute Gasteiger partial charge is 0.289 e. The molecule has 0 aliphatic carbocycles. The van der Waals surface area contributed by atoms with E-state index in [1.165, 1.54) is 12.1 Å². The molecule has 7 heteroatoms. The second-order valence-corrected chi connectivity index (χ2v) is 8.17. The van der Waals surface area contributed by atoms with Crippen molar-refractivity contribution in [3.63, 3.8) is 0 Å². The van der Waals surface area contributed by atoms with Crippen LogP contribution in [-0.4, -0.2) is 46.2 Å². The molecule has 2 aliphatic rings. The molecule has 0 atom stereocenters. The van der Waals surface area contributed by atoms with Gasteiger partial charge in [-0.3, -0.25) is 19.4 Å². The molecule has 29 heavy (non-hydrogen) atoms. The van der Waals surface area contributed by atoms with Crippen molar-refractivity contribution in [3.8, 4) is 0 Å². The van der Waals surface area contributed by atoms with Crippen molar-refractivity contribution >= 4 is 11.8 Å². The minimum atomic E-state index is -0.235. The molecule has 0 unspecified atom stereocenters. The Kier molecular flexibility index (Phi) is 5.22. The molecule has 4 heterocycles. The highest BCUT2D eigenvalue weighted by atomic mass is 16.3. The van der Waals surface area contributed by atoms with Crippen LogP contribution in [0.1, 0.15) is 47.6 Å². The van der Waals surface area contributed by atoms with Crippen molar-refractivity contribution in [1.29, 1.82) is 0 Å². The van der Waals surface area contributed by atoms with Crippen LogP contribution in [0.25, 0.3) is 0 Å². The Morgan fingerprint density at radius 2 is 1.86 bits per heavy atom. The Balaban J connectivity index is 1.42. The lowest BCUT2D eigenvalue weighted by molar-refractivity contribution is -0.139. The number of aryl methyl sites for hydroxylation is 1. The van der Waals surface area contributed by atoms with Crippen LogP contribution in [0.3, 0.4) is 0 Å². The number of hydrogen-bond acceptors (Lipinski definition) is 5. The van der Waals surface area contributed by atoms with Gasteiger partial charge in [0.15, 0.2) is 11.2 Å². The number of likely N-dealkylation sites (tertiary alicyclic amines) is 2. The summed E-state index contributed by atoms with van der Waals surface area (Å²) in [7, 11) is 0. The summed E-state index contributed by atoms with van der Waals surface area (Å²) in [5.74, 6) is 0.490. The van der Waals surface area contributed by atoms with Gasteiger partial charge in [-0.2, -0.15) is 0 Å². The lowest BCUT2D eigenvalue weighted by Crippen LogP contribution is -2.52. The van der Waals surface area contributed by atoms with Crippen LogP contribution in [0.2, 0.25) is 0 Å². The van der Waals surface area contributed by atoms with Crippen LogP contribution < -0.4 is 5.43 Å². The minimum absolute atomic E-state index is 0.0468. The Morgan fingerprint density at radius 3 is 2.55 bits per heavy atom. The van der Waals surface area contributed by atoms with Gasteiger partial charge in [-0.15, -0.1) is 0 Å². The van der Waals surface area contributed by atoms with E-state index in [4.69, 9.17) is 4.42 Å². The predicted molar refractivity (Wildman–Crippen MR) is 106 cm³/mol. The van der Waals surface area contributed by atoms with E-state index in [1.807, 2.05) is 17.0 Å². The molecule has 1 spiro atoms. The van der Waals surface area contributed by atoms with Gasteiger partial charge in [0.25, 0.3) is 5.91 Å². The number of hydrogen-bond donors (Lipinski definition) is 0. The van der Waals surface area contributed by atoms with Crippen molar-refractivity contribution in [2.75, 3.05) is 19.6 Å². The fraction of sp³-hybridized carbons (Fsp3) is 0.455. The van der Waals surface area contributed by atoms with Crippen LogP contribution in [0, 0.1) is 12.3 Å². The molecule has 7 nitrogen and oxygen atoms in total. The third kappa shape index (κ3) is 4.23. The third-order valence-corrected chi connectivity index (χ3v) is 6.08. The third-order valence-electron chi connectivity index (χ3n) is 6.08. The normalized spacial score (nSPS) is 18.9. The highest BCUT2D eigenvalue weighted by molar-refractivity contribution is 5.91. The van der Waals surface area contributed by atoms with Gasteiger partial charge in [0.05, 0.1) is 0 Å². The molecule has 4 rings (SSSR count). The fourth-order valence-electron chi connectivity index (χ4n) is 4.41. The molecule has 2 fully saturated rings. The summed E-state index contributed by atoms with van der Waals surface area (Å²) in [4.78, 5) is 44.6. The van der Waals surface area contributed by atoms with E-state index in [0.29, 0.717) is 31.8 Å². The monoisotopic (exact) mass is 395 g/mol. The molecule has 2 aliphatic heterocycles. The fourth-order valence-corrected chi connectivity index (χ4v) is 4.41. The molecule has 2 aromatic heterocycles. The van der Waals surface area contributed by atoms with E-state index in [-0.39, 0.29) is 28.4 Å². The lowest BCUT2D eigenvalue weighted by atomic mass is 9.72. The van der Waals surface area contributed by atoms with E-state index in [2.05, 4.69) is 4.98 Å². The standard InChI is InChI=1S/C22H25N3O4/c1-16-12-18(26)13-19(29-16)21(28)24-10-6-22(7-11-24)5-2-20(27)25(15-22)14-17-3-8-23-9-4-17/h3-4,8-9,12-13H,2,5-7,10-11,14-15H2,1H3. The Hall–Kier alpha value is -2.96. The van der Waals surface area contributed by atoms with Gasteiger partial charge >= 0.3 is 0 Å². The summed E-state index contributed by atoms with van der Waals surface area (Å²) in [5, 5.41) is 0. The van der Waals surface area contributed by atoms with Crippen LogP contribution in [0.5, 0.6) is 0 Å². The van der Waals surface area contributed by atoms with Crippen molar-refractivity contribution in [1.82, 2.24) is 14.8 Å². The minimum Gasteiger partial charge on any atom is -0.456 e. The average molecular weight is 395 g/mol. The number of aromatic nitrogens is 1. The van der Waals surface area contributed by atoms with Gasteiger partial charge in [-0.05, 0) is 49.3 Å². The number of carbonyl (C=O) groups is 2. The Labute approximate surface area is 169 Å². The maximum absolute atomic E-state index is 12.8. The zero-order valence-electron chi connectivity index (χ0n) is 16.6. The van der Waals surface area contributed by atoms with Crippen LogP contribution in [0.4, 0.5) is 0 Å². The largest absolute Gasteiger partial charge is 0.456 e. The molecule has 0 radical (unpaired) electrons. The van der Waals surface area contributed by atoms with Crippen molar-refractivity contribution in [2.45, 2.75) is 39.2 Å². The average Bonchev–Trinajstić information content (AvgIpc) is 2.71. The van der Waals surface area contributed by atoms with Crippen molar-refractivity contribution < 1.29 is 14.0 Å². The first-order valence-corrected chi connectivity index (χ1v) is 10.0. The molecular formula is C22H25N3O4. The number of rotatable bonds is 3.